The highest BCUT2D eigenvalue weighted by Gasteiger charge is 2.17. The summed E-state index contributed by atoms with van der Waals surface area (Å²) in [7, 11) is 0. The first kappa shape index (κ1) is 23.7. The molecule has 0 spiro atoms. The van der Waals surface area contributed by atoms with Crippen molar-refractivity contribution >= 4 is 12.3 Å². The number of rotatable bonds is 14. The molecule has 25 heavy (non-hydrogen) atoms. The summed E-state index contributed by atoms with van der Waals surface area (Å²) in [6.07, 6.45) is 5.78. The Bertz CT molecular complexity index is 346. The summed E-state index contributed by atoms with van der Waals surface area (Å²) < 4.78 is 9.23. The van der Waals surface area contributed by atoms with Gasteiger partial charge >= 0.3 is 12.3 Å². The molecule has 0 bridgehead atoms. The van der Waals surface area contributed by atoms with E-state index in [1.807, 2.05) is 6.92 Å². The van der Waals surface area contributed by atoms with Gasteiger partial charge in [-0.2, -0.15) is 9.68 Å². The van der Waals surface area contributed by atoms with Crippen molar-refractivity contribution in [3.8, 4) is 0 Å². The van der Waals surface area contributed by atoms with Crippen molar-refractivity contribution in [2.45, 2.75) is 79.1 Å². The van der Waals surface area contributed by atoms with Crippen molar-refractivity contribution in [2.75, 3.05) is 13.2 Å². The first-order chi connectivity index (χ1) is 12.1. The summed E-state index contributed by atoms with van der Waals surface area (Å²) in [5, 5.41) is 4.33. The third-order valence-electron chi connectivity index (χ3n) is 4.14. The molecule has 0 heterocycles. The van der Waals surface area contributed by atoms with E-state index in [0.29, 0.717) is 12.5 Å². The van der Waals surface area contributed by atoms with Crippen LogP contribution in [0.1, 0.15) is 79.1 Å². The number of carbonyl (C=O) groups excluding carboxylic acids is 2. The highest BCUT2D eigenvalue weighted by molar-refractivity contribution is 5.76. The number of hydrogen-bond donors (Lipinski definition) is 0. The quantitative estimate of drug-likeness (QED) is 0.131. The van der Waals surface area contributed by atoms with Crippen molar-refractivity contribution in [3.63, 3.8) is 0 Å². The van der Waals surface area contributed by atoms with Crippen LogP contribution in [-0.4, -0.2) is 25.5 Å². The van der Waals surface area contributed by atoms with E-state index < -0.39 is 12.3 Å². The zero-order valence-corrected chi connectivity index (χ0v) is 16.1. The second kappa shape index (κ2) is 16.1. The fourth-order valence-corrected chi connectivity index (χ4v) is 2.27. The Labute approximate surface area is 151 Å². The van der Waals surface area contributed by atoms with E-state index in [9.17, 15) is 9.59 Å². The molecule has 0 N–H and O–H groups in total. The Kier molecular flexibility index (Phi) is 15.3. The molecule has 7 nitrogen and oxygen atoms in total. The van der Waals surface area contributed by atoms with Crippen LogP contribution >= 0.6 is 0 Å². The second-order valence-electron chi connectivity index (χ2n) is 6.18. The van der Waals surface area contributed by atoms with E-state index in [-0.39, 0.29) is 12.5 Å². The molecule has 2 unspecified atom stereocenters. The monoisotopic (exact) mass is 362 g/mol. The standard InChI is InChI=1S/C18H34O7/c1-5-9-11-15(7-3)13-21-17(19)23-18(20)24-25-22-14-16(8-4)12-10-6-2/h15-16H,5-14H2,1-4H3. The average molecular weight is 362 g/mol. The Morgan fingerprint density at radius 2 is 1.36 bits per heavy atom. The van der Waals surface area contributed by atoms with Crippen molar-refractivity contribution in [2.24, 2.45) is 11.8 Å². The van der Waals surface area contributed by atoms with E-state index in [0.717, 1.165) is 51.4 Å². The fraction of sp³-hybridized carbons (Fsp3) is 0.889. The lowest BCUT2D eigenvalue weighted by molar-refractivity contribution is -0.488. The number of hydrogen-bond acceptors (Lipinski definition) is 7. The second-order valence-corrected chi connectivity index (χ2v) is 6.18. The largest absolute Gasteiger partial charge is 0.553 e. The van der Waals surface area contributed by atoms with Gasteiger partial charge < -0.3 is 9.47 Å². The Morgan fingerprint density at radius 1 is 0.800 bits per heavy atom. The lowest BCUT2D eigenvalue weighted by Crippen LogP contribution is -2.19. The highest BCUT2D eigenvalue weighted by Crippen LogP contribution is 2.14. The third-order valence-corrected chi connectivity index (χ3v) is 4.14. The van der Waals surface area contributed by atoms with Gasteiger partial charge in [-0.3, -0.25) is 0 Å². The molecule has 0 radical (unpaired) electrons. The molecule has 0 aromatic rings. The van der Waals surface area contributed by atoms with Crippen molar-refractivity contribution < 1.29 is 33.9 Å². The maximum Gasteiger partial charge on any atom is 0.553 e. The number of unbranched alkanes of at least 4 members (excludes halogenated alkanes) is 2. The molecule has 0 fully saturated rings. The SMILES string of the molecule is CCCCC(CC)COOOC(=O)OC(=O)OCC(CC)CCCC. The molecule has 0 aliphatic rings. The van der Waals surface area contributed by atoms with Crippen molar-refractivity contribution in [1.82, 2.24) is 0 Å². The molecule has 7 heteroatoms. The van der Waals surface area contributed by atoms with Gasteiger partial charge in [-0.1, -0.05) is 66.2 Å². The van der Waals surface area contributed by atoms with Gasteiger partial charge in [0, 0.05) is 0 Å². The predicted molar refractivity (Wildman–Crippen MR) is 92.6 cm³/mol. The molecule has 0 rings (SSSR count). The summed E-state index contributed by atoms with van der Waals surface area (Å²) in [4.78, 5) is 31.7. The van der Waals surface area contributed by atoms with Crippen LogP contribution in [0.25, 0.3) is 0 Å². The van der Waals surface area contributed by atoms with Gasteiger partial charge in [-0.15, -0.1) is 0 Å². The molecule has 2 atom stereocenters. The van der Waals surface area contributed by atoms with Gasteiger partial charge in [0.1, 0.15) is 0 Å². The van der Waals surface area contributed by atoms with Crippen LogP contribution in [0, 0.1) is 11.8 Å². The molecule has 0 aliphatic heterocycles. The maximum absolute atomic E-state index is 11.4. The summed E-state index contributed by atoms with van der Waals surface area (Å²) in [6.45, 7) is 8.83. The smallest absolute Gasteiger partial charge is 0.434 e. The highest BCUT2D eigenvalue weighted by atomic mass is 17.5. The van der Waals surface area contributed by atoms with Gasteiger partial charge in [-0.25, -0.2) is 9.68 Å². The summed E-state index contributed by atoms with van der Waals surface area (Å²) in [6, 6.07) is 0. The van der Waals surface area contributed by atoms with Crippen LogP contribution in [0.5, 0.6) is 0 Å². The molecule has 0 saturated carbocycles. The fourth-order valence-electron chi connectivity index (χ4n) is 2.27. The normalized spacial score (nSPS) is 13.1. The van der Waals surface area contributed by atoms with Gasteiger partial charge in [0.15, 0.2) is 0 Å². The van der Waals surface area contributed by atoms with Crippen LogP contribution in [0.4, 0.5) is 9.59 Å². The molecule has 0 aromatic heterocycles. The molecule has 0 amide bonds. The van der Waals surface area contributed by atoms with Crippen LogP contribution in [0.3, 0.4) is 0 Å². The van der Waals surface area contributed by atoms with Crippen molar-refractivity contribution in [1.29, 1.82) is 0 Å². The average Bonchev–Trinajstić information content (AvgIpc) is 2.61. The summed E-state index contributed by atoms with van der Waals surface area (Å²) in [5.74, 6) is 0.593. The van der Waals surface area contributed by atoms with E-state index in [4.69, 9.17) is 9.62 Å². The summed E-state index contributed by atoms with van der Waals surface area (Å²) in [5.41, 5.74) is 0. The summed E-state index contributed by atoms with van der Waals surface area (Å²) >= 11 is 0. The molecular weight excluding hydrogens is 328 g/mol. The molecule has 0 aliphatic carbocycles. The van der Waals surface area contributed by atoms with Gasteiger partial charge in [0.2, 0.25) is 0 Å². The Hall–Kier alpha value is -1.34. The first-order valence-corrected chi connectivity index (χ1v) is 9.41. The molecule has 0 saturated heterocycles. The van der Waals surface area contributed by atoms with E-state index >= 15 is 0 Å². The predicted octanol–water partition coefficient (Wildman–Crippen LogP) is 5.57. The van der Waals surface area contributed by atoms with Crippen LogP contribution in [0.15, 0.2) is 0 Å². The zero-order valence-electron chi connectivity index (χ0n) is 16.1. The molecule has 0 aromatic carbocycles. The van der Waals surface area contributed by atoms with Gasteiger partial charge in [0.25, 0.3) is 0 Å². The molecular formula is C18H34O7. The first-order valence-electron chi connectivity index (χ1n) is 9.41. The van der Waals surface area contributed by atoms with E-state index in [2.05, 4.69) is 35.4 Å². The third kappa shape index (κ3) is 13.6. The van der Waals surface area contributed by atoms with E-state index in [1.165, 1.54) is 0 Å². The van der Waals surface area contributed by atoms with Crippen molar-refractivity contribution in [3.05, 3.63) is 0 Å². The zero-order chi connectivity index (χ0) is 18.9. The lowest BCUT2D eigenvalue weighted by atomic mass is 10.0. The minimum atomic E-state index is -1.31. The van der Waals surface area contributed by atoms with Crippen LogP contribution in [0.2, 0.25) is 0 Å². The Morgan fingerprint density at radius 3 is 1.88 bits per heavy atom. The Balaban J connectivity index is 3.81. The van der Waals surface area contributed by atoms with Crippen LogP contribution in [-0.2, 0) is 24.3 Å². The maximum atomic E-state index is 11.4. The minimum Gasteiger partial charge on any atom is -0.434 e. The number of ether oxygens (including phenoxy) is 2. The molecule has 148 valence electrons. The minimum absolute atomic E-state index is 0.218. The number of carbonyl (C=O) groups is 2. The van der Waals surface area contributed by atoms with Crippen LogP contribution < -0.4 is 0 Å². The topological polar surface area (TPSA) is 80.3 Å². The van der Waals surface area contributed by atoms with Gasteiger partial charge in [0.05, 0.1) is 13.2 Å². The lowest BCUT2D eigenvalue weighted by Gasteiger charge is -2.14. The van der Waals surface area contributed by atoms with Gasteiger partial charge in [-0.05, 0) is 29.7 Å². The van der Waals surface area contributed by atoms with E-state index in [1.54, 1.807) is 0 Å².